The Bertz CT molecular complexity index is 426. The number of anilines is 1. The first-order valence-corrected chi connectivity index (χ1v) is 8.15. The Labute approximate surface area is 125 Å². The van der Waals surface area contributed by atoms with Crippen LogP contribution in [0.25, 0.3) is 0 Å². The van der Waals surface area contributed by atoms with Crippen LogP contribution < -0.4 is 5.32 Å². The predicted molar refractivity (Wildman–Crippen MR) is 83.4 cm³/mol. The highest BCUT2D eigenvalue weighted by molar-refractivity contribution is 7.08. The first kappa shape index (κ1) is 15.2. The summed E-state index contributed by atoms with van der Waals surface area (Å²) in [5.41, 5.74) is 0.767. The third-order valence-electron chi connectivity index (χ3n) is 3.27. The van der Waals surface area contributed by atoms with Gasteiger partial charge in [0.1, 0.15) is 5.60 Å². The maximum atomic E-state index is 12.1. The summed E-state index contributed by atoms with van der Waals surface area (Å²) in [7, 11) is 0. The van der Waals surface area contributed by atoms with Crippen molar-refractivity contribution >= 4 is 23.1 Å². The molecule has 0 aliphatic carbocycles. The third kappa shape index (κ3) is 4.71. The maximum absolute atomic E-state index is 12.1. The number of hydrogen-bond donors (Lipinski definition) is 1. The molecule has 0 spiro atoms. The standard InChI is InChI=1S/C15H24N2O2S/c1-15(2,3)19-14(18)17-8-4-5-12(6-9-17)16-13-7-10-20-11-13/h7,10-12,16H,4-6,8-9H2,1-3H3. The summed E-state index contributed by atoms with van der Waals surface area (Å²) in [6, 6.07) is 2.54. The predicted octanol–water partition coefficient (Wildman–Crippen LogP) is 3.95. The molecule has 1 aliphatic rings. The quantitative estimate of drug-likeness (QED) is 0.898. The molecule has 2 heterocycles. The van der Waals surface area contributed by atoms with Crippen molar-refractivity contribution in [3.63, 3.8) is 0 Å². The van der Waals surface area contributed by atoms with E-state index in [4.69, 9.17) is 4.74 Å². The van der Waals surface area contributed by atoms with Crippen LogP contribution in [0.4, 0.5) is 10.5 Å². The van der Waals surface area contributed by atoms with Crippen molar-refractivity contribution in [2.75, 3.05) is 18.4 Å². The molecule has 5 heteroatoms. The highest BCUT2D eigenvalue weighted by Crippen LogP contribution is 2.20. The number of ether oxygens (including phenoxy) is 1. The summed E-state index contributed by atoms with van der Waals surface area (Å²) in [5, 5.41) is 7.74. The molecular weight excluding hydrogens is 272 g/mol. The fourth-order valence-corrected chi connectivity index (χ4v) is 2.93. The number of nitrogens with zero attached hydrogens (tertiary/aromatic N) is 1. The van der Waals surface area contributed by atoms with E-state index in [0.717, 1.165) is 32.4 Å². The van der Waals surface area contributed by atoms with Crippen LogP contribution in [0.1, 0.15) is 40.0 Å². The summed E-state index contributed by atoms with van der Waals surface area (Å²) in [4.78, 5) is 13.9. The van der Waals surface area contributed by atoms with Gasteiger partial charge in [-0.2, -0.15) is 11.3 Å². The minimum Gasteiger partial charge on any atom is -0.444 e. The average molecular weight is 296 g/mol. The largest absolute Gasteiger partial charge is 0.444 e. The zero-order valence-corrected chi connectivity index (χ0v) is 13.3. The smallest absolute Gasteiger partial charge is 0.410 e. The Balaban J connectivity index is 1.84. The van der Waals surface area contributed by atoms with Crippen molar-refractivity contribution < 1.29 is 9.53 Å². The molecule has 1 atom stereocenters. The van der Waals surface area contributed by atoms with Crippen LogP contribution in [0.2, 0.25) is 0 Å². The van der Waals surface area contributed by atoms with Gasteiger partial charge in [0.05, 0.1) is 0 Å². The molecule has 1 unspecified atom stereocenters. The summed E-state index contributed by atoms with van der Waals surface area (Å²) < 4.78 is 5.44. The highest BCUT2D eigenvalue weighted by atomic mass is 32.1. The Morgan fingerprint density at radius 2 is 2.20 bits per heavy atom. The molecular formula is C15H24N2O2S. The van der Waals surface area contributed by atoms with Gasteiger partial charge in [-0.25, -0.2) is 4.79 Å². The third-order valence-corrected chi connectivity index (χ3v) is 3.95. The van der Waals surface area contributed by atoms with Crippen molar-refractivity contribution in [1.82, 2.24) is 4.90 Å². The van der Waals surface area contributed by atoms with E-state index >= 15 is 0 Å². The fourth-order valence-electron chi connectivity index (χ4n) is 2.33. The van der Waals surface area contributed by atoms with Gasteiger partial charge in [0.15, 0.2) is 0 Å². The SMILES string of the molecule is CC(C)(C)OC(=O)N1CCCC(Nc2ccsc2)CC1. The van der Waals surface area contributed by atoms with Gasteiger partial charge in [-0.3, -0.25) is 0 Å². The molecule has 1 aromatic rings. The molecule has 1 N–H and O–H groups in total. The van der Waals surface area contributed by atoms with Gasteiger partial charge in [-0.1, -0.05) is 0 Å². The molecule has 0 aromatic carbocycles. The highest BCUT2D eigenvalue weighted by Gasteiger charge is 2.25. The summed E-state index contributed by atoms with van der Waals surface area (Å²) in [5.74, 6) is 0. The van der Waals surface area contributed by atoms with Gasteiger partial charge in [-0.05, 0) is 51.5 Å². The van der Waals surface area contributed by atoms with E-state index in [0.29, 0.717) is 6.04 Å². The van der Waals surface area contributed by atoms with E-state index in [9.17, 15) is 4.79 Å². The molecule has 0 radical (unpaired) electrons. The Hall–Kier alpha value is -1.23. The van der Waals surface area contributed by atoms with E-state index in [-0.39, 0.29) is 6.09 Å². The van der Waals surface area contributed by atoms with Crippen LogP contribution >= 0.6 is 11.3 Å². The first-order chi connectivity index (χ1) is 9.44. The zero-order valence-electron chi connectivity index (χ0n) is 12.5. The summed E-state index contributed by atoms with van der Waals surface area (Å²) >= 11 is 1.70. The number of hydrogen-bond acceptors (Lipinski definition) is 4. The second-order valence-electron chi connectivity index (χ2n) is 6.25. The van der Waals surface area contributed by atoms with Gasteiger partial charge in [0, 0.05) is 30.2 Å². The lowest BCUT2D eigenvalue weighted by atomic mass is 10.1. The van der Waals surface area contributed by atoms with Gasteiger partial charge in [0.25, 0.3) is 0 Å². The molecule has 1 amide bonds. The molecule has 0 bridgehead atoms. The Kier molecular flexibility index (Phi) is 4.91. The number of rotatable bonds is 2. The Morgan fingerprint density at radius 3 is 2.85 bits per heavy atom. The lowest BCUT2D eigenvalue weighted by molar-refractivity contribution is 0.0256. The van der Waals surface area contributed by atoms with Crippen molar-refractivity contribution in [2.24, 2.45) is 0 Å². The van der Waals surface area contributed by atoms with Crippen LogP contribution in [-0.4, -0.2) is 35.7 Å². The molecule has 112 valence electrons. The van der Waals surface area contributed by atoms with Gasteiger partial charge in [-0.15, -0.1) is 0 Å². The number of carbonyl (C=O) groups is 1. The van der Waals surface area contributed by atoms with Gasteiger partial charge < -0.3 is 15.0 Å². The number of carbonyl (C=O) groups excluding carboxylic acids is 1. The summed E-state index contributed by atoms with van der Waals surface area (Å²) in [6.45, 7) is 7.27. The molecule has 4 nitrogen and oxygen atoms in total. The number of thiophene rings is 1. The van der Waals surface area contributed by atoms with Crippen LogP contribution in [0.3, 0.4) is 0 Å². The number of amides is 1. The minimum absolute atomic E-state index is 0.186. The topological polar surface area (TPSA) is 41.6 Å². The van der Waals surface area contributed by atoms with Crippen LogP contribution in [0.15, 0.2) is 16.8 Å². The molecule has 1 aromatic heterocycles. The van der Waals surface area contributed by atoms with E-state index in [2.05, 4.69) is 22.1 Å². The second kappa shape index (κ2) is 6.48. The fraction of sp³-hybridized carbons (Fsp3) is 0.667. The molecule has 20 heavy (non-hydrogen) atoms. The van der Waals surface area contributed by atoms with E-state index in [1.165, 1.54) is 5.69 Å². The number of likely N-dealkylation sites (tertiary alicyclic amines) is 1. The van der Waals surface area contributed by atoms with Crippen molar-refractivity contribution in [1.29, 1.82) is 0 Å². The minimum atomic E-state index is -0.419. The van der Waals surface area contributed by atoms with E-state index in [1.807, 2.05) is 25.7 Å². The molecule has 1 saturated heterocycles. The van der Waals surface area contributed by atoms with Crippen molar-refractivity contribution in [3.8, 4) is 0 Å². The first-order valence-electron chi connectivity index (χ1n) is 7.21. The second-order valence-corrected chi connectivity index (χ2v) is 7.03. The summed E-state index contributed by atoms with van der Waals surface area (Å²) in [6.07, 6.45) is 2.89. The lowest BCUT2D eigenvalue weighted by Crippen LogP contribution is -2.37. The normalized spacial score (nSPS) is 20.4. The van der Waals surface area contributed by atoms with Crippen LogP contribution in [0, 0.1) is 0 Å². The van der Waals surface area contributed by atoms with Crippen molar-refractivity contribution in [2.45, 2.75) is 51.7 Å². The average Bonchev–Trinajstić information content (AvgIpc) is 2.72. The van der Waals surface area contributed by atoms with Crippen LogP contribution in [-0.2, 0) is 4.74 Å². The maximum Gasteiger partial charge on any atom is 0.410 e. The van der Waals surface area contributed by atoms with Crippen molar-refractivity contribution in [3.05, 3.63) is 16.8 Å². The molecule has 1 aliphatic heterocycles. The van der Waals surface area contributed by atoms with E-state index in [1.54, 1.807) is 11.3 Å². The van der Waals surface area contributed by atoms with Gasteiger partial charge in [0.2, 0.25) is 0 Å². The molecule has 1 fully saturated rings. The van der Waals surface area contributed by atoms with E-state index < -0.39 is 5.60 Å². The number of nitrogens with one attached hydrogen (secondary N) is 1. The lowest BCUT2D eigenvalue weighted by Gasteiger charge is -2.26. The van der Waals surface area contributed by atoms with Gasteiger partial charge >= 0.3 is 6.09 Å². The zero-order chi connectivity index (χ0) is 14.6. The van der Waals surface area contributed by atoms with Crippen LogP contribution in [0.5, 0.6) is 0 Å². The molecule has 2 rings (SSSR count). The monoisotopic (exact) mass is 296 g/mol. The molecule has 0 saturated carbocycles. The Morgan fingerprint density at radius 1 is 1.40 bits per heavy atom.